The van der Waals surface area contributed by atoms with E-state index in [2.05, 4.69) is 20.0 Å². The van der Waals surface area contributed by atoms with Crippen molar-refractivity contribution < 1.29 is 13.2 Å². The van der Waals surface area contributed by atoms with Crippen LogP contribution in [0, 0.1) is 6.92 Å². The van der Waals surface area contributed by atoms with Crippen LogP contribution in [-0.2, 0) is 12.6 Å². The molecule has 0 aliphatic carbocycles. The fourth-order valence-electron chi connectivity index (χ4n) is 3.01. The second-order valence-electron chi connectivity index (χ2n) is 6.02. The molecule has 0 bridgehead atoms. The quantitative estimate of drug-likeness (QED) is 0.860. The number of piperidine rings is 1. The number of nitrogens with zero attached hydrogens (tertiary/aromatic N) is 5. The second-order valence-corrected chi connectivity index (χ2v) is 6.02. The SMILES string of the molecule is CCc1cc(N2CCC(n3ccc(C(F)(F)F)n3)CC2)nc(C)n1. The van der Waals surface area contributed by atoms with Crippen molar-refractivity contribution in [3.63, 3.8) is 0 Å². The van der Waals surface area contributed by atoms with Gasteiger partial charge in [0.05, 0.1) is 6.04 Å². The van der Waals surface area contributed by atoms with E-state index in [1.165, 1.54) is 10.9 Å². The first-order valence-corrected chi connectivity index (χ1v) is 8.08. The molecule has 1 aliphatic rings. The monoisotopic (exact) mass is 339 g/mol. The Morgan fingerprint density at radius 1 is 1.21 bits per heavy atom. The lowest BCUT2D eigenvalue weighted by molar-refractivity contribution is -0.141. The molecule has 0 unspecified atom stereocenters. The van der Waals surface area contributed by atoms with Crippen LogP contribution in [0.2, 0.25) is 0 Å². The summed E-state index contributed by atoms with van der Waals surface area (Å²) in [7, 11) is 0. The predicted octanol–water partition coefficient (Wildman–Crippen LogP) is 3.40. The van der Waals surface area contributed by atoms with Crippen molar-refractivity contribution >= 4 is 5.82 Å². The first-order valence-electron chi connectivity index (χ1n) is 8.08. The molecule has 0 atom stereocenters. The van der Waals surface area contributed by atoms with Crippen LogP contribution in [0.25, 0.3) is 0 Å². The zero-order chi connectivity index (χ0) is 17.3. The Labute approximate surface area is 138 Å². The summed E-state index contributed by atoms with van der Waals surface area (Å²) in [6.45, 7) is 5.41. The molecule has 3 heterocycles. The molecule has 8 heteroatoms. The number of alkyl halides is 3. The molecule has 0 aromatic carbocycles. The van der Waals surface area contributed by atoms with Crippen LogP contribution in [0.4, 0.5) is 19.0 Å². The Bertz CT molecular complexity index is 702. The lowest BCUT2D eigenvalue weighted by Crippen LogP contribution is -2.35. The molecule has 1 saturated heterocycles. The van der Waals surface area contributed by atoms with Crippen molar-refractivity contribution in [3.8, 4) is 0 Å². The predicted molar refractivity (Wildman–Crippen MR) is 83.9 cm³/mol. The number of aryl methyl sites for hydroxylation is 2. The average molecular weight is 339 g/mol. The maximum Gasteiger partial charge on any atom is 0.435 e. The van der Waals surface area contributed by atoms with Gasteiger partial charge in [0.15, 0.2) is 5.69 Å². The number of rotatable bonds is 3. The van der Waals surface area contributed by atoms with Gasteiger partial charge in [-0.2, -0.15) is 18.3 Å². The first-order chi connectivity index (χ1) is 11.4. The van der Waals surface area contributed by atoms with Crippen LogP contribution in [0.3, 0.4) is 0 Å². The molecule has 0 spiro atoms. The Morgan fingerprint density at radius 3 is 2.50 bits per heavy atom. The number of aromatic nitrogens is 4. The molecule has 0 amide bonds. The minimum absolute atomic E-state index is 0.00840. The van der Waals surface area contributed by atoms with Crippen LogP contribution in [0.1, 0.15) is 43.0 Å². The van der Waals surface area contributed by atoms with Gasteiger partial charge in [-0.25, -0.2) is 9.97 Å². The van der Waals surface area contributed by atoms with Gasteiger partial charge in [-0.1, -0.05) is 6.92 Å². The van der Waals surface area contributed by atoms with E-state index in [9.17, 15) is 13.2 Å². The third-order valence-corrected chi connectivity index (χ3v) is 4.30. The highest BCUT2D eigenvalue weighted by Gasteiger charge is 2.34. The van der Waals surface area contributed by atoms with Gasteiger partial charge in [0.2, 0.25) is 0 Å². The number of anilines is 1. The van der Waals surface area contributed by atoms with Gasteiger partial charge in [0, 0.05) is 31.0 Å². The smallest absolute Gasteiger partial charge is 0.356 e. The zero-order valence-electron chi connectivity index (χ0n) is 13.7. The van der Waals surface area contributed by atoms with Gasteiger partial charge in [-0.05, 0) is 32.3 Å². The summed E-state index contributed by atoms with van der Waals surface area (Å²) in [4.78, 5) is 11.0. The van der Waals surface area contributed by atoms with Crippen molar-refractivity contribution in [2.45, 2.75) is 45.3 Å². The van der Waals surface area contributed by atoms with Gasteiger partial charge in [0.1, 0.15) is 11.6 Å². The summed E-state index contributed by atoms with van der Waals surface area (Å²) in [6.07, 6.45) is -0.637. The number of halogens is 3. The fraction of sp³-hybridized carbons (Fsp3) is 0.562. The van der Waals surface area contributed by atoms with Crippen molar-refractivity contribution in [1.29, 1.82) is 0 Å². The summed E-state index contributed by atoms with van der Waals surface area (Å²) >= 11 is 0. The Balaban J connectivity index is 1.68. The van der Waals surface area contributed by atoms with Crippen LogP contribution in [0.5, 0.6) is 0 Å². The van der Waals surface area contributed by atoms with E-state index in [1.807, 2.05) is 19.9 Å². The third-order valence-electron chi connectivity index (χ3n) is 4.30. The van der Waals surface area contributed by atoms with Gasteiger partial charge >= 0.3 is 6.18 Å². The number of hydrogen-bond acceptors (Lipinski definition) is 4. The highest BCUT2D eigenvalue weighted by atomic mass is 19.4. The van der Waals surface area contributed by atoms with E-state index in [1.54, 1.807) is 0 Å². The van der Waals surface area contributed by atoms with E-state index in [0.29, 0.717) is 0 Å². The van der Waals surface area contributed by atoms with E-state index in [4.69, 9.17) is 0 Å². The molecule has 1 fully saturated rings. The lowest BCUT2D eigenvalue weighted by atomic mass is 10.1. The van der Waals surface area contributed by atoms with Crippen molar-refractivity contribution in [2.24, 2.45) is 0 Å². The molecule has 130 valence electrons. The Kier molecular flexibility index (Phi) is 4.47. The molecule has 2 aromatic heterocycles. The minimum Gasteiger partial charge on any atom is -0.356 e. The van der Waals surface area contributed by atoms with Gasteiger partial charge in [-0.15, -0.1) is 0 Å². The Morgan fingerprint density at radius 2 is 1.92 bits per heavy atom. The van der Waals surface area contributed by atoms with E-state index < -0.39 is 11.9 Å². The summed E-state index contributed by atoms with van der Waals surface area (Å²) < 4.78 is 39.4. The summed E-state index contributed by atoms with van der Waals surface area (Å²) in [6, 6.07) is 3.02. The molecule has 1 aliphatic heterocycles. The lowest BCUT2D eigenvalue weighted by Gasteiger charge is -2.33. The largest absolute Gasteiger partial charge is 0.435 e. The molecule has 0 N–H and O–H groups in total. The van der Waals surface area contributed by atoms with E-state index in [0.717, 1.165) is 55.8 Å². The molecule has 0 radical (unpaired) electrons. The average Bonchev–Trinajstić information content (AvgIpc) is 3.04. The first kappa shape index (κ1) is 16.7. The van der Waals surface area contributed by atoms with Gasteiger partial charge in [-0.3, -0.25) is 4.68 Å². The normalized spacial score (nSPS) is 16.6. The highest BCUT2D eigenvalue weighted by Crippen LogP contribution is 2.30. The van der Waals surface area contributed by atoms with Crippen molar-refractivity contribution in [3.05, 3.63) is 35.5 Å². The van der Waals surface area contributed by atoms with E-state index in [-0.39, 0.29) is 6.04 Å². The fourth-order valence-corrected chi connectivity index (χ4v) is 3.01. The number of hydrogen-bond donors (Lipinski definition) is 0. The Hall–Kier alpha value is -2.12. The van der Waals surface area contributed by atoms with Crippen molar-refractivity contribution in [2.75, 3.05) is 18.0 Å². The molecule has 0 saturated carbocycles. The van der Waals surface area contributed by atoms with Gasteiger partial charge in [0.25, 0.3) is 0 Å². The third kappa shape index (κ3) is 3.52. The molecule has 24 heavy (non-hydrogen) atoms. The molecule has 2 aromatic rings. The molecular formula is C16H20F3N5. The van der Waals surface area contributed by atoms with Crippen LogP contribution in [0.15, 0.2) is 18.3 Å². The molecule has 5 nitrogen and oxygen atoms in total. The zero-order valence-corrected chi connectivity index (χ0v) is 13.7. The standard InChI is InChI=1S/C16H20F3N5/c1-3-12-10-15(21-11(2)20-12)23-7-4-13(5-8-23)24-9-6-14(22-24)16(17,18)19/h6,9-10,13H,3-5,7-8H2,1-2H3. The van der Waals surface area contributed by atoms with Crippen molar-refractivity contribution in [1.82, 2.24) is 19.7 Å². The summed E-state index contributed by atoms with van der Waals surface area (Å²) in [5, 5.41) is 3.69. The summed E-state index contributed by atoms with van der Waals surface area (Å²) in [5.74, 6) is 1.64. The van der Waals surface area contributed by atoms with Crippen LogP contribution < -0.4 is 4.90 Å². The van der Waals surface area contributed by atoms with Crippen LogP contribution >= 0.6 is 0 Å². The second kappa shape index (κ2) is 6.41. The van der Waals surface area contributed by atoms with E-state index >= 15 is 0 Å². The molecular weight excluding hydrogens is 319 g/mol. The summed E-state index contributed by atoms with van der Waals surface area (Å²) in [5.41, 5.74) is 0.172. The van der Waals surface area contributed by atoms with Crippen LogP contribution in [-0.4, -0.2) is 32.8 Å². The maximum absolute atomic E-state index is 12.7. The highest BCUT2D eigenvalue weighted by molar-refractivity contribution is 5.40. The maximum atomic E-state index is 12.7. The minimum atomic E-state index is -4.39. The molecule has 3 rings (SSSR count). The van der Waals surface area contributed by atoms with Gasteiger partial charge < -0.3 is 4.90 Å². The topological polar surface area (TPSA) is 46.8 Å².